The lowest BCUT2D eigenvalue weighted by Crippen LogP contribution is -2.32. The average Bonchev–Trinajstić information content (AvgIpc) is 2.57. The Kier molecular flexibility index (Phi) is 7.89. The van der Waals surface area contributed by atoms with Crippen molar-refractivity contribution in [3.05, 3.63) is 0 Å². The van der Waals surface area contributed by atoms with Crippen molar-refractivity contribution in [3.63, 3.8) is 0 Å². The van der Waals surface area contributed by atoms with E-state index in [1.54, 1.807) is 0 Å². The fraction of sp³-hybridized carbons (Fsp3) is 1.00. The molecule has 3 N–H and O–H groups in total. The number of rotatable bonds is 3. The van der Waals surface area contributed by atoms with E-state index in [1.807, 2.05) is 13.8 Å². The fourth-order valence-corrected chi connectivity index (χ4v) is 1.10. The Bertz CT molecular complexity index is 72.5. The minimum atomic E-state index is 0.247. The monoisotopic (exact) mass is 160 g/mol. The van der Waals surface area contributed by atoms with E-state index >= 15 is 0 Å². The number of aliphatic hydroxyl groups excluding tert-OH is 1. The Hall–Kier alpha value is -0.120. The van der Waals surface area contributed by atoms with E-state index in [0.29, 0.717) is 6.04 Å². The topological polar surface area (TPSA) is 44.3 Å². The molecule has 1 saturated heterocycles. The van der Waals surface area contributed by atoms with Gasteiger partial charge < -0.3 is 15.7 Å². The predicted molar refractivity (Wildman–Crippen MR) is 47.7 cm³/mol. The van der Waals surface area contributed by atoms with Crippen LogP contribution in [0.25, 0.3) is 0 Å². The van der Waals surface area contributed by atoms with Crippen molar-refractivity contribution in [1.82, 2.24) is 10.6 Å². The van der Waals surface area contributed by atoms with Gasteiger partial charge in [-0.05, 0) is 13.0 Å². The molecule has 3 heteroatoms. The maximum Gasteiger partial charge on any atom is 0.0556 e. The Labute approximate surface area is 69.2 Å². The molecule has 0 aliphatic carbocycles. The molecular formula is C8H20N2O. The largest absolute Gasteiger partial charge is 0.395 e. The SMILES string of the molecule is CC.OCCNC1CCNC1. The first-order chi connectivity index (χ1) is 5.43. The molecule has 1 aliphatic heterocycles. The molecule has 1 aliphatic rings. The summed E-state index contributed by atoms with van der Waals surface area (Å²) in [5.41, 5.74) is 0. The van der Waals surface area contributed by atoms with Gasteiger partial charge in [-0.2, -0.15) is 0 Å². The lowest BCUT2D eigenvalue weighted by Gasteiger charge is -2.07. The molecule has 11 heavy (non-hydrogen) atoms. The molecule has 1 atom stereocenters. The first-order valence-electron chi connectivity index (χ1n) is 4.48. The van der Waals surface area contributed by atoms with E-state index < -0.39 is 0 Å². The van der Waals surface area contributed by atoms with Gasteiger partial charge in [-0.1, -0.05) is 13.8 Å². The average molecular weight is 160 g/mol. The normalized spacial score (nSPS) is 22.6. The van der Waals surface area contributed by atoms with Gasteiger partial charge in [-0.15, -0.1) is 0 Å². The van der Waals surface area contributed by atoms with Crippen molar-refractivity contribution >= 4 is 0 Å². The third-order valence-electron chi connectivity index (χ3n) is 1.61. The van der Waals surface area contributed by atoms with Crippen LogP contribution >= 0.6 is 0 Å². The molecular weight excluding hydrogens is 140 g/mol. The van der Waals surface area contributed by atoms with Crippen LogP contribution in [-0.2, 0) is 0 Å². The first-order valence-corrected chi connectivity index (χ1v) is 4.48. The van der Waals surface area contributed by atoms with E-state index in [2.05, 4.69) is 10.6 Å². The van der Waals surface area contributed by atoms with Gasteiger partial charge in [0.1, 0.15) is 0 Å². The van der Waals surface area contributed by atoms with Gasteiger partial charge in [-0.25, -0.2) is 0 Å². The maximum atomic E-state index is 8.44. The van der Waals surface area contributed by atoms with Crippen LogP contribution in [0.4, 0.5) is 0 Å². The zero-order chi connectivity index (χ0) is 8.53. The van der Waals surface area contributed by atoms with E-state index in [0.717, 1.165) is 19.6 Å². The second-order valence-corrected chi connectivity index (χ2v) is 2.37. The van der Waals surface area contributed by atoms with Crippen LogP contribution in [0.15, 0.2) is 0 Å². The van der Waals surface area contributed by atoms with Gasteiger partial charge in [0.25, 0.3) is 0 Å². The highest BCUT2D eigenvalue weighted by atomic mass is 16.3. The predicted octanol–water partition coefficient (Wildman–Crippen LogP) is -0.0436. The molecule has 1 rings (SSSR count). The molecule has 0 bridgehead atoms. The molecule has 0 aromatic heterocycles. The summed E-state index contributed by atoms with van der Waals surface area (Å²) < 4.78 is 0. The molecule has 0 spiro atoms. The maximum absolute atomic E-state index is 8.44. The molecule has 0 aromatic carbocycles. The standard InChI is InChI=1S/C6H14N2O.C2H6/c9-4-3-8-6-1-2-7-5-6;1-2/h6-9H,1-5H2;1-2H3. The zero-order valence-electron chi connectivity index (χ0n) is 7.56. The van der Waals surface area contributed by atoms with E-state index in [1.165, 1.54) is 6.42 Å². The minimum Gasteiger partial charge on any atom is -0.395 e. The summed E-state index contributed by atoms with van der Waals surface area (Å²) in [5.74, 6) is 0. The molecule has 1 heterocycles. The number of hydrogen-bond acceptors (Lipinski definition) is 3. The Morgan fingerprint density at radius 1 is 1.55 bits per heavy atom. The van der Waals surface area contributed by atoms with Crippen molar-refractivity contribution in [2.75, 3.05) is 26.2 Å². The number of nitrogens with one attached hydrogen (secondary N) is 2. The Balaban J connectivity index is 0.000000461. The van der Waals surface area contributed by atoms with Crippen molar-refractivity contribution in [3.8, 4) is 0 Å². The summed E-state index contributed by atoms with van der Waals surface area (Å²) >= 11 is 0. The summed E-state index contributed by atoms with van der Waals surface area (Å²) in [6.45, 7) is 7.14. The second-order valence-electron chi connectivity index (χ2n) is 2.37. The zero-order valence-corrected chi connectivity index (χ0v) is 7.56. The molecule has 1 unspecified atom stereocenters. The van der Waals surface area contributed by atoms with Gasteiger partial charge in [-0.3, -0.25) is 0 Å². The van der Waals surface area contributed by atoms with Gasteiger partial charge in [0.2, 0.25) is 0 Å². The van der Waals surface area contributed by atoms with Gasteiger partial charge in [0.15, 0.2) is 0 Å². The fourth-order valence-electron chi connectivity index (χ4n) is 1.10. The summed E-state index contributed by atoms with van der Waals surface area (Å²) in [6.07, 6.45) is 1.19. The summed E-state index contributed by atoms with van der Waals surface area (Å²) in [6, 6.07) is 0.595. The summed E-state index contributed by atoms with van der Waals surface area (Å²) in [5, 5.41) is 14.9. The van der Waals surface area contributed by atoms with Crippen LogP contribution < -0.4 is 10.6 Å². The van der Waals surface area contributed by atoms with Crippen LogP contribution in [0.3, 0.4) is 0 Å². The van der Waals surface area contributed by atoms with Crippen molar-refractivity contribution < 1.29 is 5.11 Å². The lowest BCUT2D eigenvalue weighted by atomic mass is 10.3. The number of hydrogen-bond donors (Lipinski definition) is 3. The molecule has 68 valence electrons. The third kappa shape index (κ3) is 5.18. The van der Waals surface area contributed by atoms with E-state index in [4.69, 9.17) is 5.11 Å². The third-order valence-corrected chi connectivity index (χ3v) is 1.61. The van der Waals surface area contributed by atoms with Crippen LogP contribution in [0.2, 0.25) is 0 Å². The van der Waals surface area contributed by atoms with Crippen molar-refractivity contribution in [2.24, 2.45) is 0 Å². The highest BCUT2D eigenvalue weighted by Gasteiger charge is 2.11. The Morgan fingerprint density at radius 2 is 2.27 bits per heavy atom. The molecule has 0 saturated carbocycles. The molecule has 0 amide bonds. The highest BCUT2D eigenvalue weighted by molar-refractivity contribution is 4.76. The smallest absolute Gasteiger partial charge is 0.0556 e. The highest BCUT2D eigenvalue weighted by Crippen LogP contribution is 1.94. The van der Waals surface area contributed by atoms with Crippen LogP contribution in [0.5, 0.6) is 0 Å². The van der Waals surface area contributed by atoms with Crippen LogP contribution in [0, 0.1) is 0 Å². The lowest BCUT2D eigenvalue weighted by molar-refractivity contribution is 0.285. The minimum absolute atomic E-state index is 0.247. The van der Waals surface area contributed by atoms with Crippen LogP contribution in [0.1, 0.15) is 20.3 Å². The van der Waals surface area contributed by atoms with Gasteiger partial charge in [0, 0.05) is 19.1 Å². The second kappa shape index (κ2) is 7.98. The van der Waals surface area contributed by atoms with Gasteiger partial charge in [0.05, 0.1) is 6.61 Å². The summed E-state index contributed by atoms with van der Waals surface area (Å²) in [7, 11) is 0. The first kappa shape index (κ1) is 10.9. The van der Waals surface area contributed by atoms with Crippen molar-refractivity contribution in [2.45, 2.75) is 26.3 Å². The van der Waals surface area contributed by atoms with Gasteiger partial charge >= 0.3 is 0 Å². The quantitative estimate of drug-likeness (QED) is 0.542. The van der Waals surface area contributed by atoms with Crippen molar-refractivity contribution in [1.29, 1.82) is 0 Å². The molecule has 3 nitrogen and oxygen atoms in total. The van der Waals surface area contributed by atoms with Crippen LogP contribution in [-0.4, -0.2) is 37.4 Å². The number of aliphatic hydroxyl groups is 1. The van der Waals surface area contributed by atoms with E-state index in [-0.39, 0.29) is 6.61 Å². The van der Waals surface area contributed by atoms with E-state index in [9.17, 15) is 0 Å². The Morgan fingerprint density at radius 3 is 2.73 bits per heavy atom. The molecule has 1 fully saturated rings. The molecule has 0 radical (unpaired) electrons. The molecule has 0 aromatic rings. The summed E-state index contributed by atoms with van der Waals surface area (Å²) in [4.78, 5) is 0.